The summed E-state index contributed by atoms with van der Waals surface area (Å²) in [6.45, 7) is 1.71. The number of aromatic hydroxyl groups is 1. The van der Waals surface area contributed by atoms with E-state index in [4.69, 9.17) is 11.6 Å². The van der Waals surface area contributed by atoms with Gasteiger partial charge in [0, 0.05) is 18.1 Å². The van der Waals surface area contributed by atoms with Gasteiger partial charge in [0.05, 0.1) is 5.56 Å². The molecule has 0 aromatic heterocycles. The monoisotopic (exact) mass is 240 g/mol. The molecule has 0 spiro atoms. The lowest BCUT2D eigenvalue weighted by Gasteiger charge is -2.16. The number of hydrogen-bond acceptors (Lipinski definition) is 3. The highest BCUT2D eigenvalue weighted by Gasteiger charge is 2.17. The fourth-order valence-corrected chi connectivity index (χ4v) is 1.90. The average molecular weight is 241 g/mol. The van der Waals surface area contributed by atoms with Crippen molar-refractivity contribution in [3.63, 3.8) is 0 Å². The summed E-state index contributed by atoms with van der Waals surface area (Å²) in [4.78, 5) is 11.8. The van der Waals surface area contributed by atoms with Crippen LogP contribution in [0.4, 0.5) is 0 Å². The first kappa shape index (κ1) is 11.2. The van der Waals surface area contributed by atoms with Gasteiger partial charge in [-0.1, -0.05) is 11.6 Å². The molecule has 1 aliphatic heterocycles. The van der Waals surface area contributed by atoms with E-state index in [1.807, 2.05) is 5.01 Å². The molecule has 1 aromatic carbocycles. The number of phenolic OH excluding ortho intramolecular Hbond substituents is 1. The molecule has 0 unspecified atom stereocenters. The topological polar surface area (TPSA) is 52.6 Å². The van der Waals surface area contributed by atoms with Crippen LogP contribution in [0.1, 0.15) is 23.2 Å². The van der Waals surface area contributed by atoms with Gasteiger partial charge in [0.1, 0.15) is 5.75 Å². The highest BCUT2D eigenvalue weighted by Crippen LogP contribution is 2.21. The molecule has 1 aromatic rings. The second-order valence-corrected chi connectivity index (χ2v) is 4.23. The van der Waals surface area contributed by atoms with Crippen molar-refractivity contribution < 1.29 is 9.90 Å². The summed E-state index contributed by atoms with van der Waals surface area (Å²) in [6, 6.07) is 4.42. The number of carbonyl (C=O) groups is 1. The first-order valence-corrected chi connectivity index (χ1v) is 5.59. The van der Waals surface area contributed by atoms with E-state index in [-0.39, 0.29) is 17.2 Å². The minimum Gasteiger partial charge on any atom is -0.507 e. The van der Waals surface area contributed by atoms with E-state index < -0.39 is 0 Å². The number of nitrogens with one attached hydrogen (secondary N) is 1. The lowest BCUT2D eigenvalue weighted by Crippen LogP contribution is -2.40. The number of benzene rings is 1. The second kappa shape index (κ2) is 4.72. The fourth-order valence-electron chi connectivity index (χ4n) is 1.72. The second-order valence-electron chi connectivity index (χ2n) is 3.80. The number of rotatable bonds is 2. The van der Waals surface area contributed by atoms with Crippen molar-refractivity contribution in [3.8, 4) is 5.75 Å². The molecule has 0 bridgehead atoms. The van der Waals surface area contributed by atoms with Crippen molar-refractivity contribution in [1.82, 2.24) is 10.4 Å². The Morgan fingerprint density at radius 2 is 2.06 bits per heavy atom. The van der Waals surface area contributed by atoms with Gasteiger partial charge in [-0.3, -0.25) is 10.2 Å². The zero-order valence-corrected chi connectivity index (χ0v) is 9.50. The van der Waals surface area contributed by atoms with Gasteiger partial charge in [-0.05, 0) is 31.0 Å². The van der Waals surface area contributed by atoms with Gasteiger partial charge in [0.15, 0.2) is 0 Å². The molecule has 86 valence electrons. The standard InChI is InChI=1S/C11H13ClN2O2/c12-8-3-4-10(15)9(7-8)11(16)13-14-5-1-2-6-14/h3-4,7,15H,1-2,5-6H2,(H,13,16). The van der Waals surface area contributed by atoms with Crippen LogP contribution in [0.2, 0.25) is 5.02 Å². The molecule has 0 atom stereocenters. The number of hydrogen-bond donors (Lipinski definition) is 2. The third kappa shape index (κ3) is 2.46. The molecule has 1 fully saturated rings. The van der Waals surface area contributed by atoms with Crippen molar-refractivity contribution in [2.45, 2.75) is 12.8 Å². The molecule has 1 amide bonds. The van der Waals surface area contributed by atoms with Gasteiger partial charge >= 0.3 is 0 Å². The summed E-state index contributed by atoms with van der Waals surface area (Å²) < 4.78 is 0. The fraction of sp³-hybridized carbons (Fsp3) is 0.364. The van der Waals surface area contributed by atoms with E-state index in [2.05, 4.69) is 5.43 Å². The summed E-state index contributed by atoms with van der Waals surface area (Å²) >= 11 is 5.77. The summed E-state index contributed by atoms with van der Waals surface area (Å²) in [5.74, 6) is -0.372. The van der Waals surface area contributed by atoms with Crippen LogP contribution in [0.5, 0.6) is 5.75 Å². The first-order valence-electron chi connectivity index (χ1n) is 5.21. The Morgan fingerprint density at radius 1 is 1.38 bits per heavy atom. The average Bonchev–Trinajstić information content (AvgIpc) is 2.74. The van der Waals surface area contributed by atoms with Crippen LogP contribution in [0.15, 0.2) is 18.2 Å². The van der Waals surface area contributed by atoms with Crippen LogP contribution in [-0.2, 0) is 0 Å². The van der Waals surface area contributed by atoms with Crippen LogP contribution >= 0.6 is 11.6 Å². The normalized spacial score (nSPS) is 16.3. The Balaban J connectivity index is 2.10. The lowest BCUT2D eigenvalue weighted by molar-refractivity contribution is 0.0823. The SMILES string of the molecule is O=C(NN1CCCC1)c1cc(Cl)ccc1O. The summed E-state index contributed by atoms with van der Waals surface area (Å²) in [5.41, 5.74) is 2.95. The van der Waals surface area contributed by atoms with Crippen molar-refractivity contribution in [2.75, 3.05) is 13.1 Å². The number of phenols is 1. The summed E-state index contributed by atoms with van der Waals surface area (Å²) in [5, 5.41) is 11.8. The smallest absolute Gasteiger partial charge is 0.269 e. The largest absolute Gasteiger partial charge is 0.507 e. The molecule has 0 radical (unpaired) electrons. The first-order chi connectivity index (χ1) is 7.66. The van der Waals surface area contributed by atoms with Crippen LogP contribution in [0.25, 0.3) is 0 Å². The van der Waals surface area contributed by atoms with Gasteiger partial charge in [0.25, 0.3) is 5.91 Å². The van der Waals surface area contributed by atoms with Crippen molar-refractivity contribution >= 4 is 17.5 Å². The van der Waals surface area contributed by atoms with Gasteiger partial charge in [-0.25, -0.2) is 5.01 Å². The minimum atomic E-state index is -0.318. The molecule has 0 aliphatic carbocycles. The van der Waals surface area contributed by atoms with Gasteiger partial charge in [-0.15, -0.1) is 0 Å². The molecule has 5 heteroatoms. The molecular formula is C11H13ClN2O2. The molecule has 2 rings (SSSR count). The van der Waals surface area contributed by atoms with Crippen molar-refractivity contribution in [1.29, 1.82) is 0 Å². The van der Waals surface area contributed by atoms with Crippen LogP contribution in [-0.4, -0.2) is 29.1 Å². The molecule has 4 nitrogen and oxygen atoms in total. The third-order valence-corrected chi connectivity index (χ3v) is 2.80. The van der Waals surface area contributed by atoms with E-state index in [0.29, 0.717) is 5.02 Å². The molecule has 1 heterocycles. The number of hydrazine groups is 1. The Bertz CT molecular complexity index is 403. The molecule has 1 aliphatic rings. The van der Waals surface area contributed by atoms with Gasteiger partial charge in [0.2, 0.25) is 0 Å². The quantitative estimate of drug-likeness (QED) is 0.829. The zero-order valence-electron chi connectivity index (χ0n) is 8.74. The maximum Gasteiger partial charge on any atom is 0.269 e. The van der Waals surface area contributed by atoms with Crippen molar-refractivity contribution in [2.24, 2.45) is 0 Å². The third-order valence-electron chi connectivity index (χ3n) is 2.57. The predicted octanol–water partition coefficient (Wildman–Crippen LogP) is 1.79. The van der Waals surface area contributed by atoms with E-state index in [0.717, 1.165) is 25.9 Å². The van der Waals surface area contributed by atoms with Crippen LogP contribution in [0, 0.1) is 0 Å². The molecular weight excluding hydrogens is 228 g/mol. The van der Waals surface area contributed by atoms with E-state index >= 15 is 0 Å². The van der Waals surface area contributed by atoms with Gasteiger partial charge in [-0.2, -0.15) is 0 Å². The highest BCUT2D eigenvalue weighted by atomic mass is 35.5. The maximum atomic E-state index is 11.8. The molecule has 16 heavy (non-hydrogen) atoms. The van der Waals surface area contributed by atoms with Crippen LogP contribution < -0.4 is 5.43 Å². The molecule has 2 N–H and O–H groups in total. The summed E-state index contributed by atoms with van der Waals surface area (Å²) in [6.07, 6.45) is 2.17. The lowest BCUT2D eigenvalue weighted by atomic mass is 10.2. The van der Waals surface area contributed by atoms with Gasteiger partial charge < -0.3 is 5.11 Å². The van der Waals surface area contributed by atoms with E-state index in [1.165, 1.54) is 12.1 Å². The Morgan fingerprint density at radius 3 is 2.75 bits per heavy atom. The minimum absolute atomic E-state index is 0.0545. The van der Waals surface area contributed by atoms with Crippen LogP contribution in [0.3, 0.4) is 0 Å². The molecule has 1 saturated heterocycles. The number of nitrogens with zero attached hydrogens (tertiary/aromatic N) is 1. The summed E-state index contributed by atoms with van der Waals surface area (Å²) in [7, 11) is 0. The molecule has 0 saturated carbocycles. The Kier molecular flexibility index (Phi) is 3.31. The Labute approximate surface area is 98.8 Å². The predicted molar refractivity (Wildman–Crippen MR) is 61.4 cm³/mol. The zero-order chi connectivity index (χ0) is 11.5. The number of halogens is 1. The van der Waals surface area contributed by atoms with Crippen molar-refractivity contribution in [3.05, 3.63) is 28.8 Å². The van der Waals surface area contributed by atoms with E-state index in [9.17, 15) is 9.90 Å². The maximum absolute atomic E-state index is 11.8. The number of amides is 1. The Hall–Kier alpha value is -1.26. The highest BCUT2D eigenvalue weighted by molar-refractivity contribution is 6.31. The number of carbonyl (C=O) groups excluding carboxylic acids is 1. The van der Waals surface area contributed by atoms with E-state index in [1.54, 1.807) is 6.07 Å².